The van der Waals surface area contributed by atoms with E-state index in [-0.39, 0.29) is 12.8 Å². The fourth-order valence-corrected chi connectivity index (χ4v) is 1.27. The molecule has 0 rings (SSSR count). The first kappa shape index (κ1) is 14.8. The van der Waals surface area contributed by atoms with Crippen LogP contribution in [0.3, 0.4) is 0 Å². The lowest BCUT2D eigenvalue weighted by molar-refractivity contribution is -0.139. The Bertz CT molecular complexity index is 365. The number of carboxylic acid groups (broad SMARTS) is 1. The van der Waals surface area contributed by atoms with Crippen LogP contribution in [0.15, 0.2) is 0 Å². The molecular weight excluding hydrogens is 240 g/mol. The van der Waals surface area contributed by atoms with E-state index in [4.69, 9.17) is 15.4 Å². The smallest absolute Gasteiger partial charge is 0.320 e. The van der Waals surface area contributed by atoms with Crippen molar-refractivity contribution >= 4 is 22.0 Å². The van der Waals surface area contributed by atoms with Gasteiger partial charge in [0.25, 0.3) is 10.1 Å². The molecule has 0 aliphatic heterocycles. The number of amides is 1. The van der Waals surface area contributed by atoms with E-state index < -0.39 is 33.4 Å². The van der Waals surface area contributed by atoms with Gasteiger partial charge in [0.15, 0.2) is 0 Å². The van der Waals surface area contributed by atoms with Gasteiger partial charge >= 0.3 is 5.97 Å². The van der Waals surface area contributed by atoms with Crippen LogP contribution in [0.5, 0.6) is 0 Å². The third-order valence-corrected chi connectivity index (χ3v) is 2.89. The van der Waals surface area contributed by atoms with Gasteiger partial charge in [0.2, 0.25) is 5.91 Å². The van der Waals surface area contributed by atoms with Crippen LogP contribution in [-0.2, 0) is 19.7 Å². The Hall–Kier alpha value is -1.19. The van der Waals surface area contributed by atoms with Crippen molar-refractivity contribution in [2.24, 2.45) is 5.73 Å². The first-order valence-electron chi connectivity index (χ1n) is 4.38. The minimum atomic E-state index is -4.36. The number of aliphatic carboxylic acids is 1. The van der Waals surface area contributed by atoms with E-state index in [1.807, 2.05) is 0 Å². The van der Waals surface area contributed by atoms with Crippen molar-refractivity contribution in [1.82, 2.24) is 5.32 Å². The lowest BCUT2D eigenvalue weighted by Gasteiger charge is -2.17. The Labute approximate surface area is 92.6 Å². The highest BCUT2D eigenvalue weighted by Gasteiger charge is 2.25. The Kier molecular flexibility index (Phi) is 5.35. The molecule has 0 fully saturated rings. The summed E-state index contributed by atoms with van der Waals surface area (Å²) in [7, 11) is -4.36. The quantitative estimate of drug-likeness (QED) is 0.405. The third kappa shape index (κ3) is 5.63. The molecule has 8 nitrogen and oxygen atoms in total. The minimum absolute atomic E-state index is 0.148. The first-order chi connectivity index (χ1) is 7.14. The van der Waals surface area contributed by atoms with E-state index in [0.29, 0.717) is 0 Å². The number of carboxylic acids is 1. The highest BCUT2D eigenvalue weighted by molar-refractivity contribution is 7.86. The van der Waals surface area contributed by atoms with Crippen LogP contribution < -0.4 is 11.1 Å². The van der Waals surface area contributed by atoms with Gasteiger partial charge in [-0.25, -0.2) is 0 Å². The maximum absolute atomic E-state index is 10.7. The topological polar surface area (TPSA) is 147 Å². The molecule has 0 aliphatic carbocycles. The zero-order chi connectivity index (χ0) is 12.9. The summed E-state index contributed by atoms with van der Waals surface area (Å²) in [4.78, 5) is 21.1. The number of primary amides is 1. The normalized spacial score (nSPS) is 15.4. The van der Waals surface area contributed by atoms with E-state index in [9.17, 15) is 18.0 Å². The van der Waals surface area contributed by atoms with Gasteiger partial charge in [0.05, 0.1) is 0 Å². The second-order valence-corrected chi connectivity index (χ2v) is 4.96. The molecule has 5 N–H and O–H groups in total. The fourth-order valence-electron chi connectivity index (χ4n) is 0.934. The number of carbonyl (C=O) groups excluding carboxylic acids is 1. The largest absolute Gasteiger partial charge is 0.480 e. The van der Waals surface area contributed by atoms with Gasteiger partial charge in [-0.1, -0.05) is 0 Å². The highest BCUT2D eigenvalue weighted by Crippen LogP contribution is 2.02. The maximum Gasteiger partial charge on any atom is 0.320 e. The SMILES string of the molecule is CC(NC(CCC(N)=O)C(=O)O)S(=O)(=O)O. The maximum atomic E-state index is 10.7. The average Bonchev–Trinajstić information content (AvgIpc) is 2.09. The molecule has 16 heavy (non-hydrogen) atoms. The molecule has 0 aromatic carbocycles. The monoisotopic (exact) mass is 254 g/mol. The number of rotatable bonds is 7. The zero-order valence-corrected chi connectivity index (χ0v) is 9.40. The van der Waals surface area contributed by atoms with Gasteiger partial charge in [-0.05, 0) is 13.3 Å². The van der Waals surface area contributed by atoms with E-state index in [1.54, 1.807) is 0 Å². The summed E-state index contributed by atoms with van der Waals surface area (Å²) in [6.07, 6.45) is -0.341. The fraction of sp³-hybridized carbons (Fsp3) is 0.714. The summed E-state index contributed by atoms with van der Waals surface area (Å²) in [5, 5.41) is 9.45. The zero-order valence-electron chi connectivity index (χ0n) is 8.58. The molecular formula is C7H14N2O6S. The molecule has 0 spiro atoms. The molecule has 0 heterocycles. The Morgan fingerprint density at radius 2 is 1.94 bits per heavy atom. The van der Waals surface area contributed by atoms with Crippen LogP contribution in [0.25, 0.3) is 0 Å². The van der Waals surface area contributed by atoms with Crippen LogP contribution in [0.2, 0.25) is 0 Å². The highest BCUT2D eigenvalue weighted by atomic mass is 32.2. The number of nitrogens with one attached hydrogen (secondary N) is 1. The summed E-state index contributed by atoms with van der Waals surface area (Å²) in [6, 6.07) is -1.26. The van der Waals surface area contributed by atoms with E-state index in [1.165, 1.54) is 0 Å². The minimum Gasteiger partial charge on any atom is -0.480 e. The average molecular weight is 254 g/mol. The van der Waals surface area contributed by atoms with Crippen LogP contribution >= 0.6 is 0 Å². The number of nitrogens with two attached hydrogens (primary N) is 1. The predicted molar refractivity (Wildman–Crippen MR) is 54.0 cm³/mol. The summed E-state index contributed by atoms with van der Waals surface area (Å²) in [5.41, 5.74) is 4.83. The molecule has 0 aromatic rings. The Morgan fingerprint density at radius 3 is 2.25 bits per heavy atom. The summed E-state index contributed by atoms with van der Waals surface area (Å²) in [6.45, 7) is 1.09. The van der Waals surface area contributed by atoms with Crippen molar-refractivity contribution < 1.29 is 27.7 Å². The van der Waals surface area contributed by atoms with Crippen molar-refractivity contribution in [2.45, 2.75) is 31.2 Å². The van der Waals surface area contributed by atoms with Crippen molar-refractivity contribution in [2.75, 3.05) is 0 Å². The van der Waals surface area contributed by atoms with E-state index in [0.717, 1.165) is 6.92 Å². The molecule has 0 bridgehead atoms. The van der Waals surface area contributed by atoms with Gasteiger partial charge in [-0.15, -0.1) is 0 Å². The van der Waals surface area contributed by atoms with Gasteiger partial charge in [-0.3, -0.25) is 19.5 Å². The summed E-state index contributed by atoms with van der Waals surface area (Å²) >= 11 is 0. The second kappa shape index (κ2) is 5.77. The molecule has 2 unspecified atom stereocenters. The molecule has 94 valence electrons. The standard InChI is InChI=1S/C7H14N2O6S/c1-4(16(13,14)15)9-5(7(11)12)2-3-6(8)10/h4-5,9H,2-3H2,1H3,(H2,8,10)(H,11,12)(H,13,14,15). The van der Waals surface area contributed by atoms with Gasteiger partial charge < -0.3 is 10.8 Å². The second-order valence-electron chi connectivity index (χ2n) is 3.22. The van der Waals surface area contributed by atoms with Crippen molar-refractivity contribution in [3.05, 3.63) is 0 Å². The molecule has 0 aromatic heterocycles. The van der Waals surface area contributed by atoms with Crippen molar-refractivity contribution in [1.29, 1.82) is 0 Å². The Balaban J connectivity index is 4.46. The predicted octanol–water partition coefficient (Wildman–Crippen LogP) is -1.47. The van der Waals surface area contributed by atoms with Gasteiger partial charge in [0, 0.05) is 6.42 Å². The van der Waals surface area contributed by atoms with Crippen LogP contribution in [0.4, 0.5) is 0 Å². The molecule has 0 saturated carbocycles. The first-order valence-corrected chi connectivity index (χ1v) is 5.88. The van der Waals surface area contributed by atoms with E-state index >= 15 is 0 Å². The number of hydrogen-bond acceptors (Lipinski definition) is 5. The number of carbonyl (C=O) groups is 2. The molecule has 0 aliphatic rings. The summed E-state index contributed by atoms with van der Waals surface area (Å²) in [5.74, 6) is -2.01. The van der Waals surface area contributed by atoms with Crippen LogP contribution in [0, 0.1) is 0 Å². The molecule has 0 radical (unpaired) electrons. The van der Waals surface area contributed by atoms with E-state index in [2.05, 4.69) is 5.32 Å². The lowest BCUT2D eigenvalue weighted by Crippen LogP contribution is -2.45. The molecule has 9 heteroatoms. The third-order valence-electron chi connectivity index (χ3n) is 1.86. The van der Waals surface area contributed by atoms with Crippen LogP contribution in [-0.4, -0.2) is 41.4 Å². The molecule has 2 atom stereocenters. The Morgan fingerprint density at radius 1 is 1.44 bits per heavy atom. The van der Waals surface area contributed by atoms with Crippen molar-refractivity contribution in [3.63, 3.8) is 0 Å². The number of hydrogen-bond donors (Lipinski definition) is 4. The van der Waals surface area contributed by atoms with Crippen LogP contribution in [0.1, 0.15) is 19.8 Å². The molecule has 1 amide bonds. The lowest BCUT2D eigenvalue weighted by atomic mass is 10.1. The van der Waals surface area contributed by atoms with Gasteiger partial charge in [-0.2, -0.15) is 8.42 Å². The van der Waals surface area contributed by atoms with Gasteiger partial charge in [0.1, 0.15) is 11.4 Å². The summed E-state index contributed by atoms with van der Waals surface area (Å²) < 4.78 is 29.9. The molecule has 0 saturated heterocycles. The van der Waals surface area contributed by atoms with Crippen molar-refractivity contribution in [3.8, 4) is 0 Å².